The number of hydrogen-bond acceptors (Lipinski definition) is 4. The minimum atomic E-state index is -0.823. The van der Waals surface area contributed by atoms with Crippen molar-refractivity contribution in [1.29, 1.82) is 0 Å². The standard InChI is InChI=1S/C12H12N2O2S/c1-8-4-9(7-11(15)16)6-10(5-8)14-12-13-2-3-17-12/h2-6H,7H2,1H3,(H,13,14)(H,15,16). The second-order valence-corrected chi connectivity index (χ2v) is 4.63. The fourth-order valence-corrected chi connectivity index (χ4v) is 2.17. The summed E-state index contributed by atoms with van der Waals surface area (Å²) in [7, 11) is 0. The molecule has 0 atom stereocenters. The molecule has 0 bridgehead atoms. The molecule has 0 spiro atoms. The number of anilines is 2. The van der Waals surface area contributed by atoms with Crippen LogP contribution in [0.2, 0.25) is 0 Å². The normalized spacial score (nSPS) is 10.2. The summed E-state index contributed by atoms with van der Waals surface area (Å²) in [6, 6.07) is 5.68. The van der Waals surface area contributed by atoms with E-state index in [4.69, 9.17) is 5.11 Å². The van der Waals surface area contributed by atoms with Crippen LogP contribution in [0.25, 0.3) is 0 Å². The first-order valence-corrected chi connectivity index (χ1v) is 6.00. The van der Waals surface area contributed by atoms with Crippen LogP contribution < -0.4 is 5.32 Å². The molecule has 0 saturated carbocycles. The third-order valence-corrected chi connectivity index (χ3v) is 2.86. The summed E-state index contributed by atoms with van der Waals surface area (Å²) in [6.07, 6.45) is 1.76. The first-order valence-electron chi connectivity index (χ1n) is 5.12. The number of nitrogens with one attached hydrogen (secondary N) is 1. The largest absolute Gasteiger partial charge is 0.481 e. The topological polar surface area (TPSA) is 62.2 Å². The van der Waals surface area contributed by atoms with Gasteiger partial charge in [0.25, 0.3) is 0 Å². The van der Waals surface area contributed by atoms with Crippen molar-refractivity contribution in [2.75, 3.05) is 5.32 Å². The predicted octanol–water partition coefficient (Wildman–Crippen LogP) is 2.82. The van der Waals surface area contributed by atoms with Gasteiger partial charge in [-0.15, -0.1) is 11.3 Å². The van der Waals surface area contributed by atoms with Crippen LogP contribution >= 0.6 is 11.3 Å². The first kappa shape index (κ1) is 11.6. The van der Waals surface area contributed by atoms with Gasteiger partial charge >= 0.3 is 5.97 Å². The number of benzene rings is 1. The van der Waals surface area contributed by atoms with Crippen molar-refractivity contribution < 1.29 is 9.90 Å². The lowest BCUT2D eigenvalue weighted by Crippen LogP contribution is -2.01. The number of thiazole rings is 1. The van der Waals surface area contributed by atoms with Crippen molar-refractivity contribution in [3.63, 3.8) is 0 Å². The lowest BCUT2D eigenvalue weighted by atomic mass is 10.1. The van der Waals surface area contributed by atoms with Crippen LogP contribution in [0, 0.1) is 6.92 Å². The Hall–Kier alpha value is -1.88. The van der Waals surface area contributed by atoms with E-state index in [-0.39, 0.29) is 6.42 Å². The number of carbonyl (C=O) groups is 1. The van der Waals surface area contributed by atoms with Gasteiger partial charge in [0.2, 0.25) is 0 Å². The molecule has 1 aromatic heterocycles. The fourth-order valence-electron chi connectivity index (χ4n) is 1.62. The highest BCUT2D eigenvalue weighted by Crippen LogP contribution is 2.21. The molecular weight excluding hydrogens is 236 g/mol. The van der Waals surface area contributed by atoms with Crippen molar-refractivity contribution in [3.8, 4) is 0 Å². The highest BCUT2D eigenvalue weighted by molar-refractivity contribution is 7.13. The van der Waals surface area contributed by atoms with Crippen molar-refractivity contribution in [2.24, 2.45) is 0 Å². The predicted molar refractivity (Wildman–Crippen MR) is 67.9 cm³/mol. The van der Waals surface area contributed by atoms with E-state index in [1.807, 2.05) is 30.5 Å². The van der Waals surface area contributed by atoms with Gasteiger partial charge in [0.05, 0.1) is 6.42 Å². The molecule has 0 amide bonds. The van der Waals surface area contributed by atoms with Crippen LogP contribution in [0.1, 0.15) is 11.1 Å². The summed E-state index contributed by atoms with van der Waals surface area (Å²) in [6.45, 7) is 1.94. The number of aromatic nitrogens is 1. The van der Waals surface area contributed by atoms with E-state index < -0.39 is 5.97 Å². The number of carboxylic acid groups (broad SMARTS) is 1. The minimum absolute atomic E-state index is 0.0359. The second-order valence-electron chi connectivity index (χ2n) is 3.74. The lowest BCUT2D eigenvalue weighted by Gasteiger charge is -2.06. The van der Waals surface area contributed by atoms with Gasteiger partial charge in [-0.25, -0.2) is 4.98 Å². The van der Waals surface area contributed by atoms with Gasteiger partial charge < -0.3 is 10.4 Å². The molecule has 0 aliphatic carbocycles. The molecule has 0 fully saturated rings. The SMILES string of the molecule is Cc1cc(CC(=O)O)cc(Nc2nccs2)c1. The molecule has 2 N–H and O–H groups in total. The van der Waals surface area contributed by atoms with Gasteiger partial charge in [-0.2, -0.15) is 0 Å². The molecule has 4 nitrogen and oxygen atoms in total. The Labute approximate surface area is 103 Å². The average molecular weight is 248 g/mol. The molecule has 17 heavy (non-hydrogen) atoms. The third-order valence-electron chi connectivity index (χ3n) is 2.18. The van der Waals surface area contributed by atoms with Crippen molar-refractivity contribution in [2.45, 2.75) is 13.3 Å². The minimum Gasteiger partial charge on any atom is -0.481 e. The van der Waals surface area contributed by atoms with Gasteiger partial charge in [-0.3, -0.25) is 4.79 Å². The number of nitrogens with zero attached hydrogens (tertiary/aromatic N) is 1. The van der Waals surface area contributed by atoms with Crippen LogP contribution in [0.3, 0.4) is 0 Å². The zero-order valence-electron chi connectivity index (χ0n) is 9.30. The number of aryl methyl sites for hydroxylation is 1. The van der Waals surface area contributed by atoms with Crippen LogP contribution in [0.5, 0.6) is 0 Å². The maximum Gasteiger partial charge on any atom is 0.307 e. The Morgan fingerprint density at radius 3 is 2.94 bits per heavy atom. The molecule has 5 heteroatoms. The summed E-state index contributed by atoms with van der Waals surface area (Å²) in [5.41, 5.74) is 2.69. The van der Waals surface area contributed by atoms with Gasteiger partial charge in [0.1, 0.15) is 0 Å². The van der Waals surface area contributed by atoms with Crippen molar-refractivity contribution >= 4 is 28.1 Å². The molecule has 2 rings (SSSR count). The van der Waals surface area contributed by atoms with E-state index in [2.05, 4.69) is 10.3 Å². The summed E-state index contributed by atoms with van der Waals surface area (Å²) >= 11 is 1.50. The molecule has 2 aromatic rings. The van der Waals surface area contributed by atoms with Gasteiger partial charge in [0, 0.05) is 17.3 Å². The zero-order chi connectivity index (χ0) is 12.3. The molecule has 88 valence electrons. The van der Waals surface area contributed by atoms with Gasteiger partial charge in [-0.1, -0.05) is 6.07 Å². The Balaban J connectivity index is 2.22. The van der Waals surface area contributed by atoms with E-state index in [0.717, 1.165) is 21.9 Å². The maximum absolute atomic E-state index is 10.7. The Morgan fingerprint density at radius 2 is 2.29 bits per heavy atom. The van der Waals surface area contributed by atoms with Gasteiger partial charge in [-0.05, 0) is 30.2 Å². The number of hydrogen-bond donors (Lipinski definition) is 2. The molecule has 0 aliphatic heterocycles. The highest BCUT2D eigenvalue weighted by atomic mass is 32.1. The van der Waals surface area contributed by atoms with Crippen LogP contribution in [-0.2, 0) is 11.2 Å². The van der Waals surface area contributed by atoms with Crippen LogP contribution in [-0.4, -0.2) is 16.1 Å². The third kappa shape index (κ3) is 3.29. The monoisotopic (exact) mass is 248 g/mol. The fraction of sp³-hybridized carbons (Fsp3) is 0.167. The van der Waals surface area contributed by atoms with E-state index in [0.29, 0.717) is 0 Å². The molecule has 1 aromatic carbocycles. The van der Waals surface area contributed by atoms with Crippen molar-refractivity contribution in [3.05, 3.63) is 40.9 Å². The van der Waals surface area contributed by atoms with Crippen LogP contribution in [0.4, 0.5) is 10.8 Å². The zero-order valence-corrected chi connectivity index (χ0v) is 10.1. The smallest absolute Gasteiger partial charge is 0.307 e. The quantitative estimate of drug-likeness (QED) is 0.873. The second kappa shape index (κ2) is 4.97. The molecule has 0 aliphatic rings. The van der Waals surface area contributed by atoms with Gasteiger partial charge in [0.15, 0.2) is 5.13 Å². The van der Waals surface area contributed by atoms with Crippen molar-refractivity contribution in [1.82, 2.24) is 4.98 Å². The molecule has 0 radical (unpaired) electrons. The van der Waals surface area contributed by atoms with E-state index in [1.165, 1.54) is 11.3 Å². The Morgan fingerprint density at radius 1 is 1.47 bits per heavy atom. The maximum atomic E-state index is 10.7. The van der Waals surface area contributed by atoms with E-state index >= 15 is 0 Å². The number of aliphatic carboxylic acids is 1. The summed E-state index contributed by atoms with van der Waals surface area (Å²) in [5, 5.41) is 14.6. The average Bonchev–Trinajstić information content (AvgIpc) is 2.67. The van der Waals surface area contributed by atoms with E-state index in [1.54, 1.807) is 6.20 Å². The first-order chi connectivity index (χ1) is 8.13. The molecular formula is C12H12N2O2S. The van der Waals surface area contributed by atoms with E-state index in [9.17, 15) is 4.79 Å². The molecule has 0 unspecified atom stereocenters. The molecule has 0 saturated heterocycles. The highest BCUT2D eigenvalue weighted by Gasteiger charge is 2.04. The lowest BCUT2D eigenvalue weighted by molar-refractivity contribution is -0.136. The summed E-state index contributed by atoms with van der Waals surface area (Å²) < 4.78 is 0. The number of rotatable bonds is 4. The van der Waals surface area contributed by atoms with Crippen LogP contribution in [0.15, 0.2) is 29.8 Å². The Kier molecular flexibility index (Phi) is 3.39. The summed E-state index contributed by atoms with van der Waals surface area (Å²) in [4.78, 5) is 14.8. The molecule has 1 heterocycles. The number of carboxylic acids is 1. The summed E-state index contributed by atoms with van der Waals surface area (Å²) in [5.74, 6) is -0.823. The Bertz CT molecular complexity index is 523.